The van der Waals surface area contributed by atoms with E-state index in [-0.39, 0.29) is 11.5 Å². The third kappa shape index (κ3) is 4.80. The minimum Gasteiger partial charge on any atom is -0.206 e. The minimum absolute atomic E-state index is 0.0470. The van der Waals surface area contributed by atoms with Crippen molar-refractivity contribution in [1.82, 2.24) is 0 Å². The fourth-order valence-electron chi connectivity index (χ4n) is 5.77. The van der Waals surface area contributed by atoms with E-state index in [0.29, 0.717) is 16.5 Å². The molecule has 4 rings (SSSR count). The first-order chi connectivity index (χ1) is 14.5. The van der Waals surface area contributed by atoms with Gasteiger partial charge in [0.1, 0.15) is 11.6 Å². The Kier molecular flexibility index (Phi) is 6.93. The van der Waals surface area contributed by atoms with Crippen LogP contribution in [0.15, 0.2) is 48.6 Å². The van der Waals surface area contributed by atoms with Gasteiger partial charge in [0.2, 0.25) is 0 Å². The number of benzene rings is 2. The quantitative estimate of drug-likeness (QED) is 0.417. The predicted molar refractivity (Wildman–Crippen MR) is 122 cm³/mol. The van der Waals surface area contributed by atoms with E-state index in [4.69, 9.17) is 11.6 Å². The van der Waals surface area contributed by atoms with E-state index in [1.54, 1.807) is 36.4 Å². The second kappa shape index (κ2) is 9.64. The van der Waals surface area contributed by atoms with Crippen LogP contribution in [0.25, 0.3) is 11.1 Å². The van der Waals surface area contributed by atoms with E-state index in [0.717, 1.165) is 30.2 Å². The zero-order valence-corrected chi connectivity index (χ0v) is 18.5. The number of allylic oxidation sites excluding steroid dienone is 2. The van der Waals surface area contributed by atoms with Crippen molar-refractivity contribution in [2.45, 2.75) is 64.2 Å². The lowest BCUT2D eigenvalue weighted by Gasteiger charge is -2.42. The van der Waals surface area contributed by atoms with E-state index >= 15 is 0 Å². The molecule has 0 nitrogen and oxygen atoms in total. The Morgan fingerprint density at radius 1 is 0.933 bits per heavy atom. The van der Waals surface area contributed by atoms with Gasteiger partial charge in [0.15, 0.2) is 0 Å². The van der Waals surface area contributed by atoms with E-state index in [9.17, 15) is 8.78 Å². The van der Waals surface area contributed by atoms with Crippen LogP contribution in [0.3, 0.4) is 0 Å². The summed E-state index contributed by atoms with van der Waals surface area (Å²) in [7, 11) is 0. The monoisotopic (exact) mass is 428 g/mol. The average Bonchev–Trinajstić information content (AvgIpc) is 2.74. The van der Waals surface area contributed by atoms with Gasteiger partial charge in [0.25, 0.3) is 0 Å². The van der Waals surface area contributed by atoms with E-state index in [2.05, 4.69) is 19.1 Å². The summed E-state index contributed by atoms with van der Waals surface area (Å²) in [6.45, 7) is 2.09. The zero-order valence-electron chi connectivity index (χ0n) is 17.7. The Balaban J connectivity index is 1.44. The SMILES string of the molecule is C/C=C/CCC1CCC2CC(c3cc(F)c(-c4ccc(Cl)cc4)c(F)c3)CCC2C1. The molecule has 0 bridgehead atoms. The summed E-state index contributed by atoms with van der Waals surface area (Å²) < 4.78 is 29.8. The maximum absolute atomic E-state index is 14.9. The van der Waals surface area contributed by atoms with Gasteiger partial charge in [-0.15, -0.1) is 0 Å². The zero-order chi connectivity index (χ0) is 21.1. The lowest BCUT2D eigenvalue weighted by Crippen LogP contribution is -2.30. The average molecular weight is 429 g/mol. The molecule has 4 unspecified atom stereocenters. The molecular weight excluding hydrogens is 398 g/mol. The molecule has 4 atom stereocenters. The molecule has 0 amide bonds. The van der Waals surface area contributed by atoms with Gasteiger partial charge >= 0.3 is 0 Å². The van der Waals surface area contributed by atoms with Crippen molar-refractivity contribution >= 4 is 11.6 Å². The number of hydrogen-bond donors (Lipinski definition) is 0. The Morgan fingerprint density at radius 3 is 2.30 bits per heavy atom. The highest BCUT2D eigenvalue weighted by Gasteiger charge is 2.36. The van der Waals surface area contributed by atoms with E-state index in [1.807, 2.05) is 0 Å². The first-order valence-electron chi connectivity index (χ1n) is 11.4. The van der Waals surface area contributed by atoms with Crippen molar-refractivity contribution in [2.75, 3.05) is 0 Å². The maximum Gasteiger partial charge on any atom is 0.134 e. The summed E-state index contributed by atoms with van der Waals surface area (Å²) in [5.41, 5.74) is 1.41. The van der Waals surface area contributed by atoms with E-state index in [1.165, 1.54) is 38.5 Å². The molecule has 30 heavy (non-hydrogen) atoms. The second-order valence-corrected chi connectivity index (χ2v) is 9.66. The Hall–Kier alpha value is -1.67. The van der Waals surface area contributed by atoms with Gasteiger partial charge in [-0.3, -0.25) is 0 Å². The van der Waals surface area contributed by atoms with Gasteiger partial charge in [-0.2, -0.15) is 0 Å². The fourth-order valence-corrected chi connectivity index (χ4v) is 5.90. The van der Waals surface area contributed by atoms with Crippen molar-refractivity contribution in [2.24, 2.45) is 17.8 Å². The summed E-state index contributed by atoms with van der Waals surface area (Å²) in [5.74, 6) is 1.70. The lowest BCUT2D eigenvalue weighted by molar-refractivity contribution is 0.115. The summed E-state index contributed by atoms with van der Waals surface area (Å²) in [4.78, 5) is 0. The van der Waals surface area contributed by atoms with Crippen molar-refractivity contribution in [3.8, 4) is 11.1 Å². The molecule has 2 aromatic carbocycles. The number of halogens is 3. The van der Waals surface area contributed by atoms with Gasteiger partial charge in [-0.05, 0) is 111 Å². The normalized spacial score (nSPS) is 26.7. The highest BCUT2D eigenvalue weighted by molar-refractivity contribution is 6.30. The molecule has 2 aliphatic rings. The maximum atomic E-state index is 14.9. The molecule has 0 spiro atoms. The van der Waals surface area contributed by atoms with Gasteiger partial charge in [-0.1, -0.05) is 42.3 Å². The Labute approximate surface area is 184 Å². The Bertz CT molecular complexity index is 863. The minimum atomic E-state index is -0.470. The predicted octanol–water partition coefficient (Wildman–Crippen LogP) is 8.94. The molecule has 0 heterocycles. The van der Waals surface area contributed by atoms with Crippen LogP contribution in [-0.4, -0.2) is 0 Å². The van der Waals surface area contributed by atoms with Crippen LogP contribution in [0.1, 0.15) is 69.8 Å². The van der Waals surface area contributed by atoms with Crippen molar-refractivity contribution in [3.05, 3.63) is 70.8 Å². The molecule has 2 saturated carbocycles. The smallest absolute Gasteiger partial charge is 0.134 e. The van der Waals surface area contributed by atoms with Crippen LogP contribution >= 0.6 is 11.6 Å². The number of rotatable bonds is 5. The van der Waals surface area contributed by atoms with Crippen LogP contribution in [0.2, 0.25) is 5.02 Å². The van der Waals surface area contributed by atoms with Crippen molar-refractivity contribution in [1.29, 1.82) is 0 Å². The van der Waals surface area contributed by atoms with Crippen LogP contribution < -0.4 is 0 Å². The summed E-state index contributed by atoms with van der Waals surface area (Å²) in [6.07, 6.45) is 14.2. The first-order valence-corrected chi connectivity index (χ1v) is 11.8. The lowest BCUT2D eigenvalue weighted by atomic mass is 9.63. The Morgan fingerprint density at radius 2 is 1.60 bits per heavy atom. The van der Waals surface area contributed by atoms with Gasteiger partial charge in [-0.25, -0.2) is 8.78 Å². The molecule has 3 heteroatoms. The summed E-state index contributed by atoms with van der Waals surface area (Å²) in [6, 6.07) is 9.81. The molecule has 0 aliphatic heterocycles. The van der Waals surface area contributed by atoms with Crippen LogP contribution in [0.4, 0.5) is 8.78 Å². The standard InChI is InChI=1S/C27H31ClF2/c1-2-3-4-5-18-6-7-21-15-22(9-8-20(21)14-18)23-16-25(29)27(26(30)17-23)19-10-12-24(28)13-11-19/h2-3,10-13,16-18,20-22H,4-9,14-15H2,1H3/b3-2+. The van der Waals surface area contributed by atoms with Crippen molar-refractivity contribution < 1.29 is 8.78 Å². The summed E-state index contributed by atoms with van der Waals surface area (Å²) in [5, 5.41) is 0.560. The largest absolute Gasteiger partial charge is 0.206 e. The summed E-state index contributed by atoms with van der Waals surface area (Å²) >= 11 is 5.91. The molecule has 2 fully saturated rings. The van der Waals surface area contributed by atoms with Crippen LogP contribution in [-0.2, 0) is 0 Å². The molecule has 0 saturated heterocycles. The van der Waals surface area contributed by atoms with Gasteiger partial charge < -0.3 is 0 Å². The fraction of sp³-hybridized carbons (Fsp3) is 0.481. The molecule has 0 radical (unpaired) electrons. The number of hydrogen-bond acceptors (Lipinski definition) is 0. The first kappa shape index (κ1) is 21.6. The molecule has 2 aliphatic carbocycles. The highest BCUT2D eigenvalue weighted by atomic mass is 35.5. The number of fused-ring (bicyclic) bond motifs is 1. The molecule has 2 aromatic rings. The molecule has 0 aromatic heterocycles. The van der Waals surface area contributed by atoms with E-state index < -0.39 is 11.6 Å². The van der Waals surface area contributed by atoms with Crippen molar-refractivity contribution in [3.63, 3.8) is 0 Å². The highest BCUT2D eigenvalue weighted by Crippen LogP contribution is 2.48. The molecular formula is C27H31ClF2. The topological polar surface area (TPSA) is 0 Å². The third-order valence-corrected chi connectivity index (χ3v) is 7.62. The second-order valence-electron chi connectivity index (χ2n) is 9.22. The molecule has 0 N–H and O–H groups in total. The third-order valence-electron chi connectivity index (χ3n) is 7.37. The molecule has 160 valence electrons. The van der Waals surface area contributed by atoms with Crippen LogP contribution in [0.5, 0.6) is 0 Å². The van der Waals surface area contributed by atoms with Gasteiger partial charge in [0, 0.05) is 5.02 Å². The van der Waals surface area contributed by atoms with Gasteiger partial charge in [0.05, 0.1) is 5.56 Å². The van der Waals surface area contributed by atoms with Crippen LogP contribution in [0, 0.1) is 29.4 Å².